The number of alkyl halides is 3. The summed E-state index contributed by atoms with van der Waals surface area (Å²) in [5.74, 6) is -0.125. The maximum atomic E-state index is 13.1. The van der Waals surface area contributed by atoms with Gasteiger partial charge in [-0.25, -0.2) is 4.98 Å². The highest BCUT2D eigenvalue weighted by Crippen LogP contribution is 2.32. The number of aromatic nitrogens is 1. The molecule has 11 heteroatoms. The number of hydrogen-bond donors (Lipinski definition) is 0. The van der Waals surface area contributed by atoms with Gasteiger partial charge in [0, 0.05) is 74.4 Å². The summed E-state index contributed by atoms with van der Waals surface area (Å²) in [6.45, 7) is 6.31. The number of carbonyl (C=O) groups is 1. The van der Waals surface area contributed by atoms with Crippen molar-refractivity contribution in [3.05, 3.63) is 75.2 Å². The van der Waals surface area contributed by atoms with Crippen LogP contribution in [0.3, 0.4) is 0 Å². The van der Waals surface area contributed by atoms with Gasteiger partial charge in [0.1, 0.15) is 5.69 Å². The molecule has 0 aliphatic carbocycles. The Labute approximate surface area is 226 Å². The fourth-order valence-electron chi connectivity index (χ4n) is 4.66. The lowest BCUT2D eigenvalue weighted by molar-refractivity contribution is -0.137. The van der Waals surface area contributed by atoms with Crippen molar-refractivity contribution in [3.8, 4) is 0 Å². The van der Waals surface area contributed by atoms with E-state index in [0.717, 1.165) is 48.4 Å². The SMILES string of the molecule is O=C(c1csc(N2CCN(Cc3ccc(Br)cc3)CC2)n1)N1CCN(c2cccc(C(F)(F)F)c2)CC1. The Hall–Kier alpha value is -2.63. The monoisotopic (exact) mass is 593 g/mol. The number of rotatable bonds is 5. The van der Waals surface area contributed by atoms with Crippen LogP contribution in [0.4, 0.5) is 24.0 Å². The third-order valence-electron chi connectivity index (χ3n) is 6.78. The molecule has 0 unspecified atom stereocenters. The minimum Gasteiger partial charge on any atom is -0.368 e. The van der Waals surface area contributed by atoms with Crippen molar-refractivity contribution >= 4 is 44.0 Å². The highest BCUT2D eigenvalue weighted by Gasteiger charge is 2.31. The van der Waals surface area contributed by atoms with E-state index in [2.05, 4.69) is 55.0 Å². The van der Waals surface area contributed by atoms with Crippen LogP contribution < -0.4 is 9.80 Å². The summed E-state index contributed by atoms with van der Waals surface area (Å²) in [5, 5.41) is 2.67. The molecular weight excluding hydrogens is 567 g/mol. The minimum absolute atomic E-state index is 0.125. The average Bonchev–Trinajstić information content (AvgIpc) is 3.40. The van der Waals surface area contributed by atoms with Gasteiger partial charge in [-0.2, -0.15) is 13.2 Å². The number of hydrogen-bond acceptors (Lipinski definition) is 6. The van der Waals surface area contributed by atoms with Crippen LogP contribution >= 0.6 is 27.3 Å². The number of carbonyl (C=O) groups excluding carboxylic acids is 1. The Morgan fingerprint density at radius 3 is 2.27 bits per heavy atom. The smallest absolute Gasteiger partial charge is 0.368 e. The van der Waals surface area contributed by atoms with Crippen LogP contribution in [0.25, 0.3) is 0 Å². The zero-order valence-corrected chi connectivity index (χ0v) is 22.5. The van der Waals surface area contributed by atoms with Crippen molar-refractivity contribution in [2.24, 2.45) is 0 Å². The largest absolute Gasteiger partial charge is 0.416 e. The van der Waals surface area contributed by atoms with E-state index in [4.69, 9.17) is 0 Å². The van der Waals surface area contributed by atoms with E-state index in [0.29, 0.717) is 37.6 Å². The lowest BCUT2D eigenvalue weighted by Gasteiger charge is -2.36. The Kier molecular flexibility index (Phi) is 7.73. The molecule has 0 atom stereocenters. The van der Waals surface area contributed by atoms with Crippen LogP contribution in [0.2, 0.25) is 0 Å². The van der Waals surface area contributed by atoms with Gasteiger partial charge in [0.25, 0.3) is 5.91 Å². The Bertz CT molecular complexity index is 1220. The van der Waals surface area contributed by atoms with Crippen molar-refractivity contribution in [1.29, 1.82) is 0 Å². The molecule has 2 fully saturated rings. The molecule has 6 nitrogen and oxygen atoms in total. The first-order valence-corrected chi connectivity index (χ1v) is 13.8. The van der Waals surface area contributed by atoms with Crippen LogP contribution in [-0.2, 0) is 12.7 Å². The zero-order chi connectivity index (χ0) is 26.0. The molecule has 3 aromatic rings. The highest BCUT2D eigenvalue weighted by atomic mass is 79.9. The summed E-state index contributed by atoms with van der Waals surface area (Å²) in [4.78, 5) is 26.0. The fraction of sp³-hybridized carbons (Fsp3) is 0.385. The molecule has 1 aromatic heterocycles. The second kappa shape index (κ2) is 11.0. The van der Waals surface area contributed by atoms with E-state index in [1.54, 1.807) is 11.0 Å². The number of nitrogens with zero attached hydrogens (tertiary/aromatic N) is 5. The van der Waals surface area contributed by atoms with E-state index in [9.17, 15) is 18.0 Å². The molecule has 1 amide bonds. The predicted molar refractivity (Wildman–Crippen MR) is 143 cm³/mol. The molecule has 3 heterocycles. The van der Waals surface area contributed by atoms with Gasteiger partial charge >= 0.3 is 6.18 Å². The average molecular weight is 595 g/mol. The first-order chi connectivity index (χ1) is 17.8. The van der Waals surface area contributed by atoms with Crippen LogP contribution in [0, 0.1) is 0 Å². The Balaban J connectivity index is 1.13. The third kappa shape index (κ3) is 6.27. The number of thiazole rings is 1. The van der Waals surface area contributed by atoms with Crippen LogP contribution in [-0.4, -0.2) is 73.0 Å². The summed E-state index contributed by atoms with van der Waals surface area (Å²) in [5.41, 5.74) is 1.58. The molecule has 0 radical (unpaired) electrons. The Morgan fingerprint density at radius 2 is 1.59 bits per heavy atom. The lowest BCUT2D eigenvalue weighted by Crippen LogP contribution is -2.49. The van der Waals surface area contributed by atoms with Gasteiger partial charge < -0.3 is 14.7 Å². The molecule has 196 valence electrons. The predicted octanol–water partition coefficient (Wildman–Crippen LogP) is 5.21. The van der Waals surface area contributed by atoms with Gasteiger partial charge in [0.2, 0.25) is 0 Å². The summed E-state index contributed by atoms with van der Waals surface area (Å²) in [6, 6.07) is 13.7. The van der Waals surface area contributed by atoms with E-state index in [1.165, 1.54) is 29.0 Å². The van der Waals surface area contributed by atoms with Gasteiger partial charge in [0.05, 0.1) is 5.56 Å². The van der Waals surface area contributed by atoms with Crippen molar-refractivity contribution in [3.63, 3.8) is 0 Å². The van der Waals surface area contributed by atoms with Crippen LogP contribution in [0.15, 0.2) is 58.4 Å². The molecular formula is C26H27BrF3N5OS. The van der Waals surface area contributed by atoms with Crippen LogP contribution in [0.1, 0.15) is 21.6 Å². The summed E-state index contributed by atoms with van der Waals surface area (Å²) >= 11 is 4.96. The molecule has 0 saturated carbocycles. The summed E-state index contributed by atoms with van der Waals surface area (Å²) in [7, 11) is 0. The van der Waals surface area contributed by atoms with Gasteiger partial charge in [-0.15, -0.1) is 11.3 Å². The van der Waals surface area contributed by atoms with Gasteiger partial charge in [-0.3, -0.25) is 9.69 Å². The number of amides is 1. The number of anilines is 2. The fourth-order valence-corrected chi connectivity index (χ4v) is 5.78. The first kappa shape index (κ1) is 26.0. The third-order valence-corrected chi connectivity index (χ3v) is 8.21. The normalized spacial score (nSPS) is 17.4. The van der Waals surface area contributed by atoms with Crippen molar-refractivity contribution < 1.29 is 18.0 Å². The van der Waals surface area contributed by atoms with Gasteiger partial charge in [-0.1, -0.05) is 34.1 Å². The second-order valence-electron chi connectivity index (χ2n) is 9.23. The molecule has 2 aliphatic rings. The van der Waals surface area contributed by atoms with E-state index >= 15 is 0 Å². The van der Waals surface area contributed by atoms with E-state index < -0.39 is 11.7 Å². The molecule has 2 aromatic carbocycles. The zero-order valence-electron chi connectivity index (χ0n) is 20.1. The Morgan fingerprint density at radius 1 is 0.919 bits per heavy atom. The maximum absolute atomic E-state index is 13.1. The molecule has 2 saturated heterocycles. The molecule has 0 bridgehead atoms. The molecule has 2 aliphatic heterocycles. The quantitative estimate of drug-likeness (QED) is 0.406. The molecule has 0 spiro atoms. The first-order valence-electron chi connectivity index (χ1n) is 12.1. The maximum Gasteiger partial charge on any atom is 0.416 e. The topological polar surface area (TPSA) is 42.9 Å². The molecule has 5 rings (SSSR count). The van der Waals surface area contributed by atoms with Crippen LogP contribution in [0.5, 0.6) is 0 Å². The second-order valence-corrected chi connectivity index (χ2v) is 11.0. The molecule has 37 heavy (non-hydrogen) atoms. The molecule has 0 N–H and O–H groups in total. The van der Waals surface area contributed by atoms with Crippen molar-refractivity contribution in [1.82, 2.24) is 14.8 Å². The standard InChI is InChI=1S/C26H27BrF3N5OS/c27-21-6-4-19(5-7-21)17-32-8-10-35(11-9-32)25-31-23(18-37-25)24(36)34-14-12-33(13-15-34)22-3-1-2-20(16-22)26(28,29)30/h1-7,16,18H,8-15,17H2. The van der Waals surface area contributed by atoms with Gasteiger partial charge in [-0.05, 0) is 35.9 Å². The number of halogens is 4. The van der Waals surface area contributed by atoms with Crippen molar-refractivity contribution in [2.75, 3.05) is 62.2 Å². The number of piperazine rings is 2. The summed E-state index contributed by atoms with van der Waals surface area (Å²) < 4.78 is 40.3. The van der Waals surface area contributed by atoms with E-state index in [-0.39, 0.29) is 5.91 Å². The minimum atomic E-state index is -4.37. The number of benzene rings is 2. The van der Waals surface area contributed by atoms with Gasteiger partial charge in [0.15, 0.2) is 5.13 Å². The summed E-state index contributed by atoms with van der Waals surface area (Å²) in [6.07, 6.45) is -4.37. The van der Waals surface area contributed by atoms with Crippen molar-refractivity contribution in [2.45, 2.75) is 12.7 Å². The van der Waals surface area contributed by atoms with E-state index in [1.807, 2.05) is 10.3 Å². The lowest BCUT2D eigenvalue weighted by atomic mass is 10.1. The highest BCUT2D eigenvalue weighted by molar-refractivity contribution is 9.10.